The molecule has 4 fully saturated rings. The van der Waals surface area contributed by atoms with Gasteiger partial charge in [0.25, 0.3) is 0 Å². The average molecular weight is 234 g/mol. The van der Waals surface area contributed by atoms with E-state index in [4.69, 9.17) is 9.84 Å². The second-order valence-corrected chi connectivity index (χ2v) is 6.00. The number of carboxylic acid groups (broad SMARTS) is 1. The van der Waals surface area contributed by atoms with Gasteiger partial charge in [-0.2, -0.15) is 0 Å². The number of ether oxygens (including phenoxy) is 1. The summed E-state index contributed by atoms with van der Waals surface area (Å²) in [4.78, 5) is 10.3. The fraction of sp³-hybridized carbons (Fsp3) is 0.786. The molecule has 0 saturated heterocycles. The zero-order valence-corrected chi connectivity index (χ0v) is 9.95. The van der Waals surface area contributed by atoms with Crippen LogP contribution in [-0.2, 0) is 9.53 Å². The van der Waals surface area contributed by atoms with Crippen LogP contribution in [0.3, 0.4) is 0 Å². The standard InChI is InChI=1S/C14H18O3/c15-13(16)2-1-3-17-14-7-10-4-11(8-14)6-12(5-10)9-14/h10-12H,3-9H2,(H,15,16). The van der Waals surface area contributed by atoms with Gasteiger partial charge in [0.1, 0.15) is 6.61 Å². The van der Waals surface area contributed by atoms with Crippen molar-refractivity contribution in [2.75, 3.05) is 6.61 Å². The molecular formula is C14H18O3. The van der Waals surface area contributed by atoms with Gasteiger partial charge in [0.05, 0.1) is 5.60 Å². The lowest BCUT2D eigenvalue weighted by Gasteiger charge is -2.56. The molecule has 4 bridgehead atoms. The minimum absolute atomic E-state index is 0.0436. The molecule has 0 amide bonds. The second kappa shape index (κ2) is 4.03. The summed E-state index contributed by atoms with van der Waals surface area (Å²) in [5.74, 6) is 6.20. The highest BCUT2D eigenvalue weighted by atomic mass is 16.5. The van der Waals surface area contributed by atoms with Crippen LogP contribution in [0.4, 0.5) is 0 Å². The Hall–Kier alpha value is -1.01. The molecule has 0 heterocycles. The van der Waals surface area contributed by atoms with Crippen LogP contribution in [0.2, 0.25) is 0 Å². The topological polar surface area (TPSA) is 46.5 Å². The number of aliphatic carboxylic acids is 1. The lowest BCUT2D eigenvalue weighted by molar-refractivity contribution is -0.154. The third-order valence-electron chi connectivity index (χ3n) is 4.63. The third-order valence-corrected chi connectivity index (χ3v) is 4.63. The van der Waals surface area contributed by atoms with Crippen molar-refractivity contribution in [3.63, 3.8) is 0 Å². The van der Waals surface area contributed by atoms with E-state index in [1.165, 1.54) is 38.5 Å². The van der Waals surface area contributed by atoms with Crippen LogP contribution in [0.15, 0.2) is 0 Å². The van der Waals surface area contributed by atoms with Gasteiger partial charge in [-0.3, -0.25) is 0 Å². The van der Waals surface area contributed by atoms with Gasteiger partial charge in [0.2, 0.25) is 0 Å². The summed E-state index contributed by atoms with van der Waals surface area (Å²) in [7, 11) is 0. The molecule has 3 heteroatoms. The van der Waals surface area contributed by atoms with Crippen molar-refractivity contribution in [2.45, 2.75) is 44.1 Å². The van der Waals surface area contributed by atoms with Crippen LogP contribution in [0, 0.1) is 29.6 Å². The van der Waals surface area contributed by atoms with Crippen LogP contribution < -0.4 is 0 Å². The summed E-state index contributed by atoms with van der Waals surface area (Å²) in [5, 5.41) is 8.45. The molecule has 4 saturated carbocycles. The van der Waals surface area contributed by atoms with E-state index >= 15 is 0 Å². The zero-order chi connectivity index (χ0) is 11.9. The van der Waals surface area contributed by atoms with E-state index in [1.807, 2.05) is 0 Å². The van der Waals surface area contributed by atoms with Crippen LogP contribution in [0.25, 0.3) is 0 Å². The first-order chi connectivity index (χ1) is 8.15. The van der Waals surface area contributed by atoms with Crippen LogP contribution >= 0.6 is 0 Å². The average Bonchev–Trinajstić information content (AvgIpc) is 2.22. The van der Waals surface area contributed by atoms with Crippen LogP contribution in [0.1, 0.15) is 38.5 Å². The van der Waals surface area contributed by atoms with E-state index < -0.39 is 5.97 Å². The monoisotopic (exact) mass is 234 g/mol. The summed E-state index contributed by atoms with van der Waals surface area (Å²) in [6, 6.07) is 0. The van der Waals surface area contributed by atoms with Crippen LogP contribution in [-0.4, -0.2) is 23.3 Å². The predicted molar refractivity (Wildman–Crippen MR) is 62.3 cm³/mol. The number of hydrogen-bond acceptors (Lipinski definition) is 2. The SMILES string of the molecule is O=C(O)C#CCOC12CC3CC(CC(C3)C1)C2. The Morgan fingerprint density at radius 3 is 2.18 bits per heavy atom. The molecule has 0 unspecified atom stereocenters. The van der Waals surface area contributed by atoms with Gasteiger partial charge in [0, 0.05) is 5.92 Å². The highest BCUT2D eigenvalue weighted by Crippen LogP contribution is 2.56. The van der Waals surface area contributed by atoms with E-state index in [2.05, 4.69) is 11.8 Å². The highest BCUT2D eigenvalue weighted by molar-refractivity contribution is 5.86. The van der Waals surface area contributed by atoms with E-state index in [1.54, 1.807) is 0 Å². The Morgan fingerprint density at radius 1 is 1.18 bits per heavy atom. The summed E-state index contributed by atoms with van der Waals surface area (Å²) in [6.07, 6.45) is 7.70. The molecule has 3 nitrogen and oxygen atoms in total. The summed E-state index contributed by atoms with van der Waals surface area (Å²) < 4.78 is 5.96. The normalized spacial score (nSPS) is 42.0. The Kier molecular flexibility index (Phi) is 2.63. The Balaban J connectivity index is 1.63. The van der Waals surface area contributed by atoms with E-state index in [0.29, 0.717) is 0 Å². The molecule has 4 aliphatic carbocycles. The van der Waals surface area contributed by atoms with Gasteiger partial charge in [-0.05, 0) is 56.3 Å². The molecule has 92 valence electrons. The van der Waals surface area contributed by atoms with E-state index in [-0.39, 0.29) is 12.2 Å². The van der Waals surface area contributed by atoms with Gasteiger partial charge < -0.3 is 9.84 Å². The summed E-state index contributed by atoms with van der Waals surface area (Å²) in [5.41, 5.74) is 0.0436. The number of hydrogen-bond donors (Lipinski definition) is 1. The third kappa shape index (κ3) is 2.19. The van der Waals surface area contributed by atoms with Crippen LogP contribution in [0.5, 0.6) is 0 Å². The minimum atomic E-state index is -1.07. The molecule has 0 aromatic rings. The molecule has 0 aliphatic heterocycles. The smallest absolute Gasteiger partial charge is 0.381 e. The first-order valence-electron chi connectivity index (χ1n) is 6.51. The van der Waals surface area contributed by atoms with Gasteiger partial charge in [-0.1, -0.05) is 5.92 Å². The lowest BCUT2D eigenvalue weighted by atomic mass is 9.54. The maximum Gasteiger partial charge on any atom is 0.381 e. The predicted octanol–water partition coefficient (Wildman–Crippen LogP) is 2.06. The molecule has 4 aliphatic rings. The lowest BCUT2D eigenvalue weighted by Crippen LogP contribution is -2.52. The fourth-order valence-electron chi connectivity index (χ4n) is 4.51. The molecule has 1 N–H and O–H groups in total. The molecular weight excluding hydrogens is 216 g/mol. The largest absolute Gasteiger partial charge is 0.472 e. The number of carboxylic acids is 1. The van der Waals surface area contributed by atoms with E-state index in [9.17, 15) is 4.79 Å². The van der Waals surface area contributed by atoms with Crippen molar-refractivity contribution in [1.29, 1.82) is 0 Å². The van der Waals surface area contributed by atoms with Gasteiger partial charge in [-0.25, -0.2) is 4.79 Å². The van der Waals surface area contributed by atoms with Gasteiger partial charge in [0.15, 0.2) is 0 Å². The molecule has 0 aromatic carbocycles. The first kappa shape index (κ1) is 11.1. The van der Waals surface area contributed by atoms with Crippen molar-refractivity contribution in [2.24, 2.45) is 17.8 Å². The maximum absolute atomic E-state index is 10.3. The molecule has 0 radical (unpaired) electrons. The minimum Gasteiger partial charge on any atom is -0.472 e. The second-order valence-electron chi connectivity index (χ2n) is 6.00. The highest BCUT2D eigenvalue weighted by Gasteiger charge is 2.51. The molecule has 0 aromatic heterocycles. The van der Waals surface area contributed by atoms with E-state index in [0.717, 1.165) is 17.8 Å². The van der Waals surface area contributed by atoms with Crippen molar-refractivity contribution in [3.8, 4) is 11.8 Å². The Morgan fingerprint density at radius 2 is 1.71 bits per heavy atom. The quantitative estimate of drug-likeness (QED) is 0.744. The molecule has 0 atom stereocenters. The molecule has 4 rings (SSSR count). The molecule has 0 spiro atoms. The number of carbonyl (C=O) groups is 1. The van der Waals surface area contributed by atoms with Gasteiger partial charge in [-0.15, -0.1) is 0 Å². The van der Waals surface area contributed by atoms with Crippen molar-refractivity contribution in [1.82, 2.24) is 0 Å². The van der Waals surface area contributed by atoms with Gasteiger partial charge >= 0.3 is 5.97 Å². The number of rotatable bonds is 2. The summed E-state index contributed by atoms with van der Waals surface area (Å²) in [6.45, 7) is 0.276. The Labute approximate surface area is 102 Å². The summed E-state index contributed by atoms with van der Waals surface area (Å²) >= 11 is 0. The fourth-order valence-corrected chi connectivity index (χ4v) is 4.51. The van der Waals surface area contributed by atoms with Crippen molar-refractivity contribution < 1.29 is 14.6 Å². The molecule has 17 heavy (non-hydrogen) atoms. The Bertz CT molecular complexity index is 353. The van der Waals surface area contributed by atoms with Crippen molar-refractivity contribution in [3.05, 3.63) is 0 Å². The maximum atomic E-state index is 10.3. The van der Waals surface area contributed by atoms with Crippen molar-refractivity contribution >= 4 is 5.97 Å². The first-order valence-corrected chi connectivity index (χ1v) is 6.51. The zero-order valence-electron chi connectivity index (χ0n) is 9.95.